The lowest BCUT2D eigenvalue weighted by molar-refractivity contribution is -0.0367. The van der Waals surface area contributed by atoms with Crippen molar-refractivity contribution >= 4 is 33.0 Å². The number of likely N-dealkylation sites (tertiary alicyclic amines) is 1. The fraction of sp³-hybridized carbons (Fsp3) is 0.320. The Bertz CT molecular complexity index is 1430. The average molecular weight is 527 g/mol. The lowest BCUT2D eigenvalue weighted by Crippen LogP contribution is -2.56. The van der Waals surface area contributed by atoms with E-state index in [4.69, 9.17) is 4.78 Å². The third-order valence-electron chi connectivity index (χ3n) is 6.87. The number of carbonyl (C=O) groups excluding carboxylic acids is 2. The molecule has 0 bridgehead atoms. The number of aromatic amines is 1. The van der Waals surface area contributed by atoms with Crippen LogP contribution in [0.2, 0.25) is 0 Å². The second-order valence-corrected chi connectivity index (χ2v) is 11.7. The Hall–Kier alpha value is -3.77. The molecule has 1 aromatic heterocycles. The summed E-state index contributed by atoms with van der Waals surface area (Å²) in [4.78, 5) is 31.4. The van der Waals surface area contributed by atoms with E-state index in [9.17, 15) is 23.3 Å². The number of fused-ring (bicyclic) bond motifs is 1. The first-order valence-corrected chi connectivity index (χ1v) is 13.7. The normalized spacial score (nSPS) is 18.9. The van der Waals surface area contributed by atoms with Gasteiger partial charge in [0.15, 0.2) is 0 Å². The van der Waals surface area contributed by atoms with Crippen LogP contribution >= 0.6 is 0 Å². The summed E-state index contributed by atoms with van der Waals surface area (Å²) < 4.78 is 33.0. The summed E-state index contributed by atoms with van der Waals surface area (Å²) in [6, 6.07) is 12.1. The van der Waals surface area contributed by atoms with Crippen LogP contribution in [0.15, 0.2) is 59.6 Å². The van der Waals surface area contributed by atoms with Crippen LogP contribution < -0.4 is 4.90 Å². The fourth-order valence-electron chi connectivity index (χ4n) is 4.75. The maximum absolute atomic E-state index is 13.2. The first-order valence-electron chi connectivity index (χ1n) is 11.8. The van der Waals surface area contributed by atoms with Crippen molar-refractivity contribution in [3.63, 3.8) is 0 Å². The number of rotatable bonds is 5. The number of H-pyrrole nitrogens is 1. The van der Waals surface area contributed by atoms with Crippen LogP contribution in [0.1, 0.15) is 33.6 Å². The summed E-state index contributed by atoms with van der Waals surface area (Å²) in [6.45, 7) is 0.829. The van der Waals surface area contributed by atoms with Crippen LogP contribution in [-0.4, -0.2) is 79.3 Å². The van der Waals surface area contributed by atoms with Gasteiger partial charge in [-0.2, -0.15) is 5.10 Å². The molecule has 0 saturated carbocycles. The zero-order valence-corrected chi connectivity index (χ0v) is 21.0. The van der Waals surface area contributed by atoms with Crippen molar-refractivity contribution < 1.29 is 23.3 Å². The van der Waals surface area contributed by atoms with Gasteiger partial charge in [-0.15, -0.1) is 0 Å². The number of aromatic nitrogens is 2. The molecular weight excluding hydrogens is 499 g/mol. The first-order chi connectivity index (χ1) is 17.5. The van der Waals surface area contributed by atoms with E-state index in [1.165, 1.54) is 36.7 Å². The SMILES string of the molecule is C[S@](=N)(=O)c1ccc(N2CN(CC3(O)CCN(C(=O)c4ccc(F)cc4)CC3)C(=O)c3cn[nH]c32)cc1. The van der Waals surface area contributed by atoms with E-state index in [-0.39, 0.29) is 37.9 Å². The summed E-state index contributed by atoms with van der Waals surface area (Å²) in [5.41, 5.74) is 0.270. The van der Waals surface area contributed by atoms with Crippen LogP contribution in [0, 0.1) is 10.6 Å². The van der Waals surface area contributed by atoms with Crippen molar-refractivity contribution in [1.29, 1.82) is 4.78 Å². The van der Waals surface area contributed by atoms with Gasteiger partial charge in [0.2, 0.25) is 0 Å². The predicted octanol–water partition coefficient (Wildman–Crippen LogP) is 2.80. The standard InChI is InChI=1S/C25H27FN6O4S/c1-37(27,36)20-8-6-19(7-9-20)32-16-31(24(34)21-14-28-29-22(21)32)15-25(35)10-12-30(13-11-25)23(33)17-2-4-18(26)5-3-17/h2-9,14,27,35H,10-13,15-16H2,1H3,(H,28,29)/t37-/m0/s1. The number of anilines is 2. The molecule has 1 fully saturated rings. The summed E-state index contributed by atoms with van der Waals surface area (Å²) >= 11 is 0. The number of benzene rings is 2. The molecule has 194 valence electrons. The Morgan fingerprint density at radius 2 is 1.81 bits per heavy atom. The third kappa shape index (κ3) is 4.94. The highest BCUT2D eigenvalue weighted by molar-refractivity contribution is 7.91. The van der Waals surface area contributed by atoms with Gasteiger partial charge in [-0.3, -0.25) is 14.7 Å². The van der Waals surface area contributed by atoms with Crippen LogP contribution in [0.3, 0.4) is 0 Å². The van der Waals surface area contributed by atoms with Gasteiger partial charge in [0, 0.05) is 35.5 Å². The highest BCUT2D eigenvalue weighted by atomic mass is 32.2. The lowest BCUT2D eigenvalue weighted by Gasteiger charge is -2.43. The van der Waals surface area contributed by atoms with E-state index in [1.807, 2.05) is 4.90 Å². The molecule has 12 heteroatoms. The van der Waals surface area contributed by atoms with Crippen LogP contribution in [0.4, 0.5) is 15.9 Å². The Labute approximate surface area is 213 Å². The van der Waals surface area contributed by atoms with Crippen molar-refractivity contribution in [2.45, 2.75) is 23.3 Å². The number of amides is 2. The molecule has 0 unspecified atom stereocenters. The molecule has 2 aliphatic heterocycles. The number of hydrogen-bond donors (Lipinski definition) is 3. The van der Waals surface area contributed by atoms with Gasteiger partial charge in [0.1, 0.15) is 17.2 Å². The highest BCUT2D eigenvalue weighted by Crippen LogP contribution is 2.34. The first kappa shape index (κ1) is 24.9. The zero-order chi connectivity index (χ0) is 26.4. The van der Waals surface area contributed by atoms with E-state index in [0.717, 1.165) is 0 Å². The number of aliphatic hydroxyl groups is 1. The largest absolute Gasteiger partial charge is 0.388 e. The summed E-state index contributed by atoms with van der Waals surface area (Å²) in [5, 5.41) is 18.2. The minimum absolute atomic E-state index is 0.0686. The number of halogens is 1. The molecule has 3 N–H and O–H groups in total. The molecule has 3 aromatic rings. The zero-order valence-electron chi connectivity index (χ0n) is 20.2. The Morgan fingerprint density at radius 3 is 2.43 bits per heavy atom. The van der Waals surface area contributed by atoms with Gasteiger partial charge in [0.25, 0.3) is 11.8 Å². The molecule has 0 spiro atoms. The average Bonchev–Trinajstić information content (AvgIpc) is 3.36. The second-order valence-electron chi connectivity index (χ2n) is 9.57. The summed E-state index contributed by atoms with van der Waals surface area (Å²) in [5.74, 6) is -0.387. The number of nitrogens with zero attached hydrogens (tertiary/aromatic N) is 4. The Balaban J connectivity index is 1.30. The Morgan fingerprint density at radius 1 is 1.16 bits per heavy atom. The van der Waals surface area contributed by atoms with Gasteiger partial charge >= 0.3 is 0 Å². The molecular formula is C25H27FN6O4S. The molecule has 0 aliphatic carbocycles. The van der Waals surface area contributed by atoms with E-state index in [1.54, 1.807) is 34.1 Å². The highest BCUT2D eigenvalue weighted by Gasteiger charge is 2.40. The number of β-amino-alcohol motifs (C(OH)–C–C–N with tert-alkyl or cyclic N) is 1. The van der Waals surface area contributed by atoms with E-state index in [2.05, 4.69) is 10.2 Å². The van der Waals surface area contributed by atoms with Crippen molar-refractivity contribution in [2.75, 3.05) is 37.5 Å². The summed E-state index contributed by atoms with van der Waals surface area (Å²) in [7, 11) is -2.86. The molecule has 10 nitrogen and oxygen atoms in total. The minimum Gasteiger partial charge on any atom is -0.388 e. The predicted molar refractivity (Wildman–Crippen MR) is 135 cm³/mol. The molecule has 2 aliphatic rings. The monoisotopic (exact) mass is 526 g/mol. The fourth-order valence-corrected chi connectivity index (χ4v) is 5.41. The lowest BCUT2D eigenvalue weighted by atomic mass is 9.90. The molecule has 37 heavy (non-hydrogen) atoms. The molecule has 5 rings (SSSR count). The topological polar surface area (TPSA) is 134 Å². The van der Waals surface area contributed by atoms with E-state index in [0.29, 0.717) is 40.6 Å². The molecule has 1 saturated heterocycles. The Kier molecular flexibility index (Phi) is 6.24. The van der Waals surface area contributed by atoms with E-state index < -0.39 is 21.1 Å². The van der Waals surface area contributed by atoms with Gasteiger partial charge in [-0.05, 0) is 61.4 Å². The van der Waals surface area contributed by atoms with Crippen molar-refractivity contribution in [3.8, 4) is 0 Å². The molecule has 2 amide bonds. The number of piperidine rings is 1. The molecule has 0 radical (unpaired) electrons. The van der Waals surface area contributed by atoms with Crippen molar-refractivity contribution in [2.24, 2.45) is 0 Å². The van der Waals surface area contributed by atoms with Gasteiger partial charge < -0.3 is 19.8 Å². The number of carbonyl (C=O) groups is 2. The minimum atomic E-state index is -2.86. The second kappa shape index (κ2) is 9.27. The number of hydrogen-bond acceptors (Lipinski definition) is 7. The quantitative estimate of drug-likeness (QED) is 0.468. The van der Waals surface area contributed by atoms with Crippen LogP contribution in [0.5, 0.6) is 0 Å². The maximum Gasteiger partial charge on any atom is 0.260 e. The molecule has 3 heterocycles. The van der Waals surface area contributed by atoms with Gasteiger partial charge in [-0.25, -0.2) is 13.4 Å². The third-order valence-corrected chi connectivity index (χ3v) is 8.05. The van der Waals surface area contributed by atoms with Crippen LogP contribution in [0.25, 0.3) is 0 Å². The van der Waals surface area contributed by atoms with E-state index >= 15 is 0 Å². The van der Waals surface area contributed by atoms with Gasteiger partial charge in [0.05, 0.1) is 34.7 Å². The maximum atomic E-state index is 13.2. The van der Waals surface area contributed by atoms with Crippen molar-refractivity contribution in [3.05, 3.63) is 71.7 Å². The smallest absolute Gasteiger partial charge is 0.260 e. The molecule has 2 aromatic carbocycles. The van der Waals surface area contributed by atoms with Crippen LogP contribution in [-0.2, 0) is 9.73 Å². The molecule has 1 atom stereocenters. The number of nitrogens with one attached hydrogen (secondary N) is 2. The summed E-state index contributed by atoms with van der Waals surface area (Å²) in [6.07, 6.45) is 3.37. The van der Waals surface area contributed by atoms with Crippen molar-refractivity contribution in [1.82, 2.24) is 20.0 Å². The van der Waals surface area contributed by atoms with Gasteiger partial charge in [-0.1, -0.05) is 0 Å².